The van der Waals surface area contributed by atoms with Crippen molar-refractivity contribution in [1.29, 1.82) is 0 Å². The van der Waals surface area contributed by atoms with Crippen LogP contribution in [0.4, 0.5) is 0 Å². The first kappa shape index (κ1) is 11.3. The zero-order chi connectivity index (χ0) is 11.6. The van der Waals surface area contributed by atoms with E-state index in [2.05, 4.69) is 12.6 Å². The summed E-state index contributed by atoms with van der Waals surface area (Å²) >= 11 is 4.10. The van der Waals surface area contributed by atoms with Gasteiger partial charge in [-0.05, 0) is 24.0 Å². The van der Waals surface area contributed by atoms with Crippen molar-refractivity contribution in [2.24, 2.45) is 0 Å². The first-order chi connectivity index (χ1) is 7.69. The lowest BCUT2D eigenvalue weighted by molar-refractivity contribution is -0.140. The second-order valence-corrected chi connectivity index (χ2v) is 4.46. The number of carboxylic acids is 1. The van der Waals surface area contributed by atoms with Gasteiger partial charge < -0.3 is 5.11 Å². The van der Waals surface area contributed by atoms with Crippen molar-refractivity contribution >= 4 is 24.7 Å². The van der Waals surface area contributed by atoms with Crippen LogP contribution in [0.5, 0.6) is 0 Å². The number of carboxylic acid groups (broad SMARTS) is 1. The minimum atomic E-state index is -0.706. The molecule has 1 aliphatic rings. The fraction of sp³-hybridized carbons (Fsp3) is 0.308. The Bertz CT molecular complexity index is 433. The quantitative estimate of drug-likeness (QED) is 0.786. The summed E-state index contributed by atoms with van der Waals surface area (Å²) in [5.74, 6) is -0.0169. The molecule has 0 heterocycles. The second kappa shape index (κ2) is 4.34. The highest BCUT2D eigenvalue weighted by Gasteiger charge is 2.51. The number of aliphatic carboxylic acids is 1. The third-order valence-electron chi connectivity index (χ3n) is 3.01. The van der Waals surface area contributed by atoms with Crippen LogP contribution in [0.25, 0.3) is 6.08 Å². The lowest BCUT2D eigenvalue weighted by atomic mass is 9.94. The van der Waals surface area contributed by atoms with E-state index in [1.807, 2.05) is 36.4 Å². The predicted octanol–water partition coefficient (Wildman–Crippen LogP) is 2.75. The summed E-state index contributed by atoms with van der Waals surface area (Å²) < 4.78 is 0. The van der Waals surface area contributed by atoms with Gasteiger partial charge in [-0.25, -0.2) is 0 Å². The molecule has 1 aliphatic carbocycles. The van der Waals surface area contributed by atoms with Gasteiger partial charge in [0.15, 0.2) is 0 Å². The molecule has 0 atom stereocenters. The standard InChI is InChI=1S/C13H14O2S/c14-12(15)13(6-7-13)11-5-1-3-10(9-11)4-2-8-16/h1-5,9,16H,6-8H2,(H,14,15). The molecule has 0 unspecified atom stereocenters. The van der Waals surface area contributed by atoms with Gasteiger partial charge in [-0.3, -0.25) is 4.79 Å². The van der Waals surface area contributed by atoms with Crippen molar-refractivity contribution in [3.63, 3.8) is 0 Å². The summed E-state index contributed by atoms with van der Waals surface area (Å²) in [5, 5.41) is 9.19. The van der Waals surface area contributed by atoms with Crippen molar-refractivity contribution in [2.45, 2.75) is 18.3 Å². The number of thiol groups is 1. The lowest BCUT2D eigenvalue weighted by Gasteiger charge is -2.10. The molecule has 0 aliphatic heterocycles. The number of hydrogen-bond donors (Lipinski definition) is 2. The Kier molecular flexibility index (Phi) is 3.06. The lowest BCUT2D eigenvalue weighted by Crippen LogP contribution is -2.19. The molecule has 1 aromatic rings. The molecule has 1 aromatic carbocycles. The Labute approximate surface area is 100 Å². The Morgan fingerprint density at radius 3 is 2.81 bits per heavy atom. The SMILES string of the molecule is O=C(O)C1(c2cccc(C=CCS)c2)CC1. The van der Waals surface area contributed by atoms with Crippen molar-refractivity contribution < 1.29 is 9.90 Å². The summed E-state index contributed by atoms with van der Waals surface area (Å²) in [4.78, 5) is 11.2. The Hall–Kier alpha value is -1.22. The average Bonchev–Trinajstić information content (AvgIpc) is 3.08. The predicted molar refractivity (Wildman–Crippen MR) is 67.9 cm³/mol. The molecular weight excluding hydrogens is 220 g/mol. The van der Waals surface area contributed by atoms with Crippen LogP contribution in [-0.4, -0.2) is 16.8 Å². The van der Waals surface area contributed by atoms with Crippen molar-refractivity contribution in [1.82, 2.24) is 0 Å². The summed E-state index contributed by atoms with van der Waals surface area (Å²) in [6.45, 7) is 0. The molecular formula is C13H14O2S. The topological polar surface area (TPSA) is 37.3 Å². The number of carbonyl (C=O) groups is 1. The molecule has 1 fully saturated rings. The van der Waals surface area contributed by atoms with Gasteiger partial charge in [0, 0.05) is 5.75 Å². The van der Waals surface area contributed by atoms with Crippen LogP contribution in [0.3, 0.4) is 0 Å². The van der Waals surface area contributed by atoms with Crippen molar-refractivity contribution in [3.05, 3.63) is 41.5 Å². The van der Waals surface area contributed by atoms with E-state index in [1.54, 1.807) is 0 Å². The summed E-state index contributed by atoms with van der Waals surface area (Å²) in [7, 11) is 0. The van der Waals surface area contributed by atoms with E-state index in [0.29, 0.717) is 5.75 Å². The number of rotatable bonds is 4. The number of benzene rings is 1. The second-order valence-electron chi connectivity index (χ2n) is 4.10. The third kappa shape index (κ3) is 2.00. The molecule has 84 valence electrons. The zero-order valence-corrected chi connectivity index (χ0v) is 9.78. The molecule has 1 saturated carbocycles. The highest BCUT2D eigenvalue weighted by molar-refractivity contribution is 7.80. The maximum absolute atomic E-state index is 11.2. The van der Waals surface area contributed by atoms with Gasteiger partial charge in [0.2, 0.25) is 0 Å². The van der Waals surface area contributed by atoms with Crippen molar-refractivity contribution in [3.8, 4) is 0 Å². The molecule has 0 spiro atoms. The van der Waals surface area contributed by atoms with Crippen LogP contribution in [-0.2, 0) is 10.2 Å². The third-order valence-corrected chi connectivity index (χ3v) is 3.23. The van der Waals surface area contributed by atoms with E-state index in [9.17, 15) is 9.90 Å². The minimum absolute atomic E-state index is 0.606. The molecule has 2 nitrogen and oxygen atoms in total. The Morgan fingerprint density at radius 2 is 2.25 bits per heavy atom. The smallest absolute Gasteiger partial charge is 0.314 e. The molecule has 16 heavy (non-hydrogen) atoms. The van der Waals surface area contributed by atoms with Gasteiger partial charge in [0.25, 0.3) is 0 Å². The molecule has 1 N–H and O–H groups in total. The monoisotopic (exact) mass is 234 g/mol. The highest BCUT2D eigenvalue weighted by atomic mass is 32.1. The Balaban J connectivity index is 2.29. The van der Waals surface area contributed by atoms with Crippen LogP contribution in [0.15, 0.2) is 30.3 Å². The maximum atomic E-state index is 11.2. The van der Waals surface area contributed by atoms with Gasteiger partial charge in [0.05, 0.1) is 5.41 Å². The highest BCUT2D eigenvalue weighted by Crippen LogP contribution is 2.48. The molecule has 0 bridgehead atoms. The molecule has 3 heteroatoms. The van der Waals surface area contributed by atoms with Gasteiger partial charge in [-0.1, -0.05) is 36.4 Å². The molecule has 0 saturated heterocycles. The normalized spacial score (nSPS) is 17.6. The average molecular weight is 234 g/mol. The van der Waals surface area contributed by atoms with E-state index >= 15 is 0 Å². The minimum Gasteiger partial charge on any atom is -0.481 e. The Morgan fingerprint density at radius 1 is 1.50 bits per heavy atom. The van der Waals surface area contributed by atoms with Crippen LogP contribution in [0.2, 0.25) is 0 Å². The first-order valence-electron chi connectivity index (χ1n) is 5.30. The molecule has 2 rings (SSSR count). The van der Waals surface area contributed by atoms with E-state index in [0.717, 1.165) is 24.0 Å². The van der Waals surface area contributed by atoms with Crippen LogP contribution < -0.4 is 0 Å². The van der Waals surface area contributed by atoms with Crippen LogP contribution in [0.1, 0.15) is 24.0 Å². The number of hydrogen-bond acceptors (Lipinski definition) is 2. The maximum Gasteiger partial charge on any atom is 0.314 e. The summed E-state index contributed by atoms with van der Waals surface area (Å²) in [5.41, 5.74) is 1.35. The van der Waals surface area contributed by atoms with Gasteiger partial charge >= 0.3 is 5.97 Å². The van der Waals surface area contributed by atoms with E-state index in [4.69, 9.17) is 0 Å². The van der Waals surface area contributed by atoms with Crippen LogP contribution >= 0.6 is 12.6 Å². The van der Waals surface area contributed by atoms with Gasteiger partial charge in [-0.2, -0.15) is 12.6 Å². The molecule has 0 radical (unpaired) electrons. The van der Waals surface area contributed by atoms with E-state index < -0.39 is 11.4 Å². The zero-order valence-electron chi connectivity index (χ0n) is 8.89. The van der Waals surface area contributed by atoms with E-state index in [-0.39, 0.29) is 0 Å². The van der Waals surface area contributed by atoms with Gasteiger partial charge in [0.1, 0.15) is 0 Å². The summed E-state index contributed by atoms with van der Waals surface area (Å²) in [6, 6.07) is 7.75. The van der Waals surface area contributed by atoms with Crippen molar-refractivity contribution in [2.75, 3.05) is 5.75 Å². The van der Waals surface area contributed by atoms with Gasteiger partial charge in [-0.15, -0.1) is 0 Å². The molecule has 0 amide bonds. The van der Waals surface area contributed by atoms with Crippen LogP contribution in [0, 0.1) is 0 Å². The van der Waals surface area contributed by atoms with E-state index in [1.165, 1.54) is 0 Å². The first-order valence-corrected chi connectivity index (χ1v) is 5.94. The fourth-order valence-electron chi connectivity index (χ4n) is 1.88. The summed E-state index contributed by atoms with van der Waals surface area (Å²) in [6.07, 6.45) is 5.42. The fourth-order valence-corrected chi connectivity index (χ4v) is 1.99. The largest absolute Gasteiger partial charge is 0.481 e. The molecule has 0 aromatic heterocycles.